The Kier molecular flexibility index (Phi) is 6.49. The largest absolute Gasteiger partial charge is 0.497 e. The summed E-state index contributed by atoms with van der Waals surface area (Å²) in [6.45, 7) is 2.11. The zero-order chi connectivity index (χ0) is 21.1. The summed E-state index contributed by atoms with van der Waals surface area (Å²) in [5, 5.41) is 0.780. The smallest absolute Gasteiger partial charge is 0.237 e. The average molecular weight is 429 g/mol. The second kappa shape index (κ2) is 9.27. The van der Waals surface area contributed by atoms with Gasteiger partial charge in [-0.3, -0.25) is 9.69 Å². The fraction of sp³-hybridized carbons (Fsp3) is 0.458. The molecule has 2 saturated heterocycles. The number of hydrogen-bond donors (Lipinski definition) is 0. The highest BCUT2D eigenvalue weighted by atomic mass is 35.5. The maximum absolute atomic E-state index is 13.4. The first-order valence-corrected chi connectivity index (χ1v) is 11.0. The van der Waals surface area contributed by atoms with Crippen LogP contribution in [0.15, 0.2) is 42.5 Å². The van der Waals surface area contributed by atoms with Crippen molar-refractivity contribution in [2.45, 2.75) is 37.8 Å². The maximum atomic E-state index is 13.4. The Hall–Kier alpha value is -2.24. The number of benzene rings is 2. The Labute approximate surface area is 183 Å². The number of hydrogen-bond acceptors (Lipinski definition) is 4. The van der Waals surface area contributed by atoms with Crippen LogP contribution in [0.4, 0.5) is 0 Å². The molecule has 0 N–H and O–H groups in total. The molecule has 2 aromatic rings. The summed E-state index contributed by atoms with van der Waals surface area (Å²) in [6, 6.07) is 14.0. The molecule has 0 spiro atoms. The molecule has 0 aromatic heterocycles. The molecular weight excluding hydrogens is 400 g/mol. The molecule has 2 aliphatic rings. The average Bonchev–Trinajstić information content (AvgIpc) is 3.43. The molecule has 6 heteroatoms. The molecule has 5 nitrogen and oxygen atoms in total. The van der Waals surface area contributed by atoms with Crippen molar-refractivity contribution in [3.8, 4) is 11.5 Å². The molecule has 2 unspecified atom stereocenters. The van der Waals surface area contributed by atoms with E-state index in [2.05, 4.69) is 11.0 Å². The van der Waals surface area contributed by atoms with Crippen LogP contribution in [0, 0.1) is 0 Å². The van der Waals surface area contributed by atoms with Gasteiger partial charge in [0.25, 0.3) is 0 Å². The van der Waals surface area contributed by atoms with E-state index in [0.29, 0.717) is 6.54 Å². The number of ether oxygens (including phenoxy) is 2. The lowest BCUT2D eigenvalue weighted by Crippen LogP contribution is -2.40. The first-order chi connectivity index (χ1) is 14.6. The summed E-state index contributed by atoms with van der Waals surface area (Å²) in [5.41, 5.74) is 2.14. The molecule has 30 heavy (non-hydrogen) atoms. The minimum atomic E-state index is 0.0175. The predicted octanol–water partition coefficient (Wildman–Crippen LogP) is 4.86. The molecule has 1 amide bonds. The molecule has 2 atom stereocenters. The highest BCUT2D eigenvalue weighted by Crippen LogP contribution is 2.40. The van der Waals surface area contributed by atoms with Crippen LogP contribution >= 0.6 is 11.6 Å². The lowest BCUT2D eigenvalue weighted by Gasteiger charge is -2.31. The van der Waals surface area contributed by atoms with Crippen molar-refractivity contribution in [1.29, 1.82) is 0 Å². The Morgan fingerprint density at radius 2 is 1.77 bits per heavy atom. The summed E-state index contributed by atoms with van der Waals surface area (Å²) in [5.74, 6) is 1.75. The molecule has 0 aliphatic carbocycles. The maximum Gasteiger partial charge on any atom is 0.237 e. The van der Waals surface area contributed by atoms with Crippen molar-refractivity contribution in [3.05, 3.63) is 58.6 Å². The van der Waals surface area contributed by atoms with E-state index >= 15 is 0 Å². The van der Waals surface area contributed by atoms with Crippen molar-refractivity contribution in [2.75, 3.05) is 33.9 Å². The van der Waals surface area contributed by atoms with Crippen molar-refractivity contribution >= 4 is 17.5 Å². The van der Waals surface area contributed by atoms with Gasteiger partial charge in [-0.05, 0) is 62.1 Å². The van der Waals surface area contributed by atoms with Gasteiger partial charge in [0.1, 0.15) is 11.5 Å². The highest BCUT2D eigenvalue weighted by molar-refractivity contribution is 6.31. The van der Waals surface area contributed by atoms with Crippen LogP contribution in [0.3, 0.4) is 0 Å². The number of rotatable bonds is 6. The number of amides is 1. The van der Waals surface area contributed by atoms with Crippen LogP contribution in [0.1, 0.15) is 48.9 Å². The lowest BCUT2D eigenvalue weighted by atomic mass is 10.0. The van der Waals surface area contributed by atoms with E-state index in [1.54, 1.807) is 14.2 Å². The first-order valence-electron chi connectivity index (χ1n) is 10.6. The van der Waals surface area contributed by atoms with Crippen molar-refractivity contribution in [1.82, 2.24) is 9.80 Å². The SMILES string of the molecule is COc1ccc(OC)c(C2CCCN2C(=O)CN2CCCC2c2ccccc2Cl)c1. The van der Waals surface area contributed by atoms with Gasteiger partial charge < -0.3 is 14.4 Å². The predicted molar refractivity (Wildman–Crippen MR) is 118 cm³/mol. The quantitative estimate of drug-likeness (QED) is 0.659. The highest BCUT2D eigenvalue weighted by Gasteiger charge is 2.35. The number of carbonyl (C=O) groups excluding carboxylic acids is 1. The lowest BCUT2D eigenvalue weighted by molar-refractivity contribution is -0.133. The van der Waals surface area contributed by atoms with Crippen LogP contribution < -0.4 is 9.47 Å². The number of likely N-dealkylation sites (tertiary alicyclic amines) is 2. The van der Waals surface area contributed by atoms with Crippen LogP contribution in [-0.2, 0) is 4.79 Å². The van der Waals surface area contributed by atoms with E-state index in [4.69, 9.17) is 21.1 Å². The molecule has 0 bridgehead atoms. The van der Waals surface area contributed by atoms with Gasteiger partial charge in [0.2, 0.25) is 5.91 Å². The van der Waals surface area contributed by atoms with Crippen molar-refractivity contribution < 1.29 is 14.3 Å². The van der Waals surface area contributed by atoms with Gasteiger partial charge in [-0.1, -0.05) is 29.8 Å². The van der Waals surface area contributed by atoms with Gasteiger partial charge in [0.05, 0.1) is 26.8 Å². The monoisotopic (exact) mass is 428 g/mol. The summed E-state index contributed by atoms with van der Waals surface area (Å²) in [4.78, 5) is 17.7. The summed E-state index contributed by atoms with van der Waals surface area (Å²) < 4.78 is 11.0. The summed E-state index contributed by atoms with van der Waals surface area (Å²) in [7, 11) is 3.33. The van der Waals surface area contributed by atoms with E-state index in [1.165, 1.54) is 0 Å². The van der Waals surface area contributed by atoms with Crippen LogP contribution in [-0.4, -0.2) is 49.6 Å². The number of carbonyl (C=O) groups is 1. The normalized spacial score (nSPS) is 21.8. The van der Waals surface area contributed by atoms with E-state index in [1.807, 2.05) is 41.3 Å². The van der Waals surface area contributed by atoms with E-state index in [9.17, 15) is 4.79 Å². The van der Waals surface area contributed by atoms with Gasteiger partial charge in [-0.25, -0.2) is 0 Å². The summed E-state index contributed by atoms with van der Waals surface area (Å²) >= 11 is 6.45. The second-order valence-corrected chi connectivity index (χ2v) is 8.41. The van der Waals surface area contributed by atoms with Gasteiger partial charge >= 0.3 is 0 Å². The first kappa shape index (κ1) is 21.0. The third-order valence-electron chi connectivity index (χ3n) is 6.34. The Morgan fingerprint density at radius 1 is 1.00 bits per heavy atom. The third kappa shape index (κ3) is 4.14. The molecule has 0 radical (unpaired) electrons. The molecule has 2 aromatic carbocycles. The molecule has 4 rings (SSSR count). The fourth-order valence-electron chi connectivity index (χ4n) is 4.87. The second-order valence-electron chi connectivity index (χ2n) is 8.00. The van der Waals surface area contributed by atoms with Crippen molar-refractivity contribution in [3.63, 3.8) is 0 Å². The molecule has 2 heterocycles. The van der Waals surface area contributed by atoms with Crippen LogP contribution in [0.2, 0.25) is 5.02 Å². The molecule has 160 valence electrons. The molecule has 2 fully saturated rings. The van der Waals surface area contributed by atoms with E-state index in [-0.39, 0.29) is 18.0 Å². The zero-order valence-corrected chi connectivity index (χ0v) is 18.4. The third-order valence-corrected chi connectivity index (χ3v) is 6.68. The minimum absolute atomic E-state index is 0.0175. The fourth-order valence-corrected chi connectivity index (χ4v) is 5.13. The Bertz CT molecular complexity index is 904. The molecule has 2 aliphatic heterocycles. The van der Waals surface area contributed by atoms with Gasteiger partial charge in [-0.2, -0.15) is 0 Å². The minimum Gasteiger partial charge on any atom is -0.497 e. The van der Waals surface area contributed by atoms with E-state index in [0.717, 1.165) is 66.4 Å². The van der Waals surface area contributed by atoms with Gasteiger partial charge in [-0.15, -0.1) is 0 Å². The van der Waals surface area contributed by atoms with Crippen LogP contribution in [0.5, 0.6) is 11.5 Å². The van der Waals surface area contributed by atoms with Crippen molar-refractivity contribution in [2.24, 2.45) is 0 Å². The number of nitrogens with zero attached hydrogens (tertiary/aromatic N) is 2. The topological polar surface area (TPSA) is 42.0 Å². The van der Waals surface area contributed by atoms with Gasteiger partial charge in [0, 0.05) is 23.2 Å². The van der Waals surface area contributed by atoms with E-state index < -0.39 is 0 Å². The Morgan fingerprint density at radius 3 is 2.53 bits per heavy atom. The molecule has 0 saturated carbocycles. The number of methoxy groups -OCH3 is 2. The number of halogens is 1. The van der Waals surface area contributed by atoms with Crippen LogP contribution in [0.25, 0.3) is 0 Å². The Balaban J connectivity index is 1.52. The standard InChI is InChI=1S/C24H29ClN2O3/c1-29-17-11-12-23(30-2)19(15-17)22-10-6-14-27(22)24(28)16-26-13-5-9-21(26)18-7-3-4-8-20(18)25/h3-4,7-8,11-12,15,21-22H,5-6,9-10,13-14,16H2,1-2H3. The molecular formula is C24H29ClN2O3. The zero-order valence-electron chi connectivity index (χ0n) is 17.6. The van der Waals surface area contributed by atoms with Gasteiger partial charge in [0.15, 0.2) is 0 Å². The summed E-state index contributed by atoms with van der Waals surface area (Å²) in [6.07, 6.45) is 4.04.